The highest BCUT2D eigenvalue weighted by atomic mass is 79.9. The van der Waals surface area contributed by atoms with Crippen molar-refractivity contribution in [1.82, 2.24) is 0 Å². The molecule has 0 bridgehead atoms. The van der Waals surface area contributed by atoms with Gasteiger partial charge in [0.1, 0.15) is 0 Å². The van der Waals surface area contributed by atoms with Gasteiger partial charge in [-0.3, -0.25) is 18.9 Å². The van der Waals surface area contributed by atoms with Crippen LogP contribution in [0.4, 0.5) is 5.69 Å². The number of hydrogen-bond donors (Lipinski definition) is 3. The summed E-state index contributed by atoms with van der Waals surface area (Å²) in [7, 11) is -4.72. The van der Waals surface area contributed by atoms with E-state index in [1.165, 1.54) is 12.1 Å². The third-order valence-corrected chi connectivity index (χ3v) is 4.85. The minimum Gasteiger partial charge on any atom is -0.481 e. The Morgan fingerprint density at radius 2 is 1.70 bits per heavy atom. The molecule has 0 fully saturated rings. The fraction of sp³-hybridized carbons (Fsp3) is 0.118. The van der Waals surface area contributed by atoms with Gasteiger partial charge in [-0.15, -0.1) is 0 Å². The van der Waals surface area contributed by atoms with Crippen LogP contribution in [0.3, 0.4) is 0 Å². The van der Waals surface area contributed by atoms with E-state index in [1.807, 2.05) is 0 Å². The molecule has 0 heterocycles. The molecule has 0 aliphatic heterocycles. The topological polar surface area (TPSA) is 138 Å². The van der Waals surface area contributed by atoms with E-state index in [2.05, 4.69) is 21.2 Å². The second kappa shape index (κ2) is 7.99. The SMILES string of the molecule is CC(=O)Nc1c(CC(=O)O)cc(S(=O)(=O)O)cc1C(=O)c1ccc(Br)cc1. The molecule has 0 radical (unpaired) electrons. The number of carbonyl (C=O) groups excluding carboxylic acids is 2. The summed E-state index contributed by atoms with van der Waals surface area (Å²) in [6.45, 7) is 1.16. The number of benzene rings is 2. The second-order valence-corrected chi connectivity index (χ2v) is 7.90. The monoisotopic (exact) mass is 455 g/mol. The second-order valence-electron chi connectivity index (χ2n) is 5.57. The molecule has 0 saturated carbocycles. The third-order valence-electron chi connectivity index (χ3n) is 3.49. The highest BCUT2D eigenvalue weighted by Gasteiger charge is 2.24. The van der Waals surface area contributed by atoms with Crippen molar-refractivity contribution < 1.29 is 32.5 Å². The Morgan fingerprint density at radius 3 is 2.19 bits per heavy atom. The zero-order chi connectivity index (χ0) is 20.4. The summed E-state index contributed by atoms with van der Waals surface area (Å²) in [5, 5.41) is 11.5. The highest BCUT2D eigenvalue weighted by molar-refractivity contribution is 9.10. The van der Waals surface area contributed by atoms with Crippen molar-refractivity contribution >= 4 is 49.4 Å². The molecule has 0 aliphatic rings. The summed E-state index contributed by atoms with van der Waals surface area (Å²) in [4.78, 5) is 34.9. The van der Waals surface area contributed by atoms with Gasteiger partial charge in [-0.1, -0.05) is 15.9 Å². The van der Waals surface area contributed by atoms with Crippen molar-refractivity contribution in [3.05, 3.63) is 57.6 Å². The fourth-order valence-electron chi connectivity index (χ4n) is 2.38. The number of nitrogens with one attached hydrogen (secondary N) is 1. The Balaban J connectivity index is 2.77. The van der Waals surface area contributed by atoms with Gasteiger partial charge < -0.3 is 10.4 Å². The van der Waals surface area contributed by atoms with Crippen LogP contribution in [0.2, 0.25) is 0 Å². The Morgan fingerprint density at radius 1 is 1.11 bits per heavy atom. The number of carboxylic acid groups (broad SMARTS) is 1. The predicted octanol–water partition coefficient (Wildman–Crippen LogP) is 2.51. The van der Waals surface area contributed by atoms with Crippen LogP contribution >= 0.6 is 15.9 Å². The van der Waals surface area contributed by atoms with E-state index in [9.17, 15) is 27.4 Å². The first-order chi connectivity index (χ1) is 12.5. The van der Waals surface area contributed by atoms with E-state index >= 15 is 0 Å². The molecular weight excluding hydrogens is 442 g/mol. The molecule has 2 aromatic rings. The molecule has 1 amide bonds. The van der Waals surface area contributed by atoms with Crippen LogP contribution in [0, 0.1) is 0 Å². The first kappa shape index (κ1) is 20.7. The minimum atomic E-state index is -4.72. The fourth-order valence-corrected chi connectivity index (χ4v) is 3.21. The van der Waals surface area contributed by atoms with Gasteiger partial charge in [0.15, 0.2) is 5.78 Å². The number of halogens is 1. The largest absolute Gasteiger partial charge is 0.481 e. The number of amides is 1. The van der Waals surface area contributed by atoms with Gasteiger partial charge in [0.05, 0.1) is 17.0 Å². The Kier molecular flexibility index (Phi) is 6.14. The zero-order valence-electron chi connectivity index (χ0n) is 13.9. The number of carbonyl (C=O) groups is 3. The Bertz CT molecular complexity index is 1030. The van der Waals surface area contributed by atoms with Crippen molar-refractivity contribution in [1.29, 1.82) is 0 Å². The van der Waals surface area contributed by atoms with E-state index in [0.29, 0.717) is 4.47 Å². The van der Waals surface area contributed by atoms with E-state index in [-0.39, 0.29) is 22.4 Å². The molecule has 0 spiro atoms. The molecule has 0 aromatic heterocycles. The van der Waals surface area contributed by atoms with Gasteiger partial charge in [0.2, 0.25) is 5.91 Å². The van der Waals surface area contributed by atoms with Gasteiger partial charge in [0, 0.05) is 22.5 Å². The maximum Gasteiger partial charge on any atom is 0.307 e. The summed E-state index contributed by atoms with van der Waals surface area (Å²) in [5.41, 5.74) is -0.323. The molecule has 2 aromatic carbocycles. The average Bonchev–Trinajstić information content (AvgIpc) is 2.54. The van der Waals surface area contributed by atoms with Crippen LogP contribution in [0.25, 0.3) is 0 Å². The van der Waals surface area contributed by atoms with Crippen LogP contribution in [-0.2, 0) is 26.1 Å². The van der Waals surface area contributed by atoms with Crippen molar-refractivity contribution in [2.75, 3.05) is 5.32 Å². The first-order valence-electron chi connectivity index (χ1n) is 7.43. The van der Waals surface area contributed by atoms with Gasteiger partial charge in [0.25, 0.3) is 10.1 Å². The first-order valence-corrected chi connectivity index (χ1v) is 9.66. The van der Waals surface area contributed by atoms with Gasteiger partial charge in [-0.05, 0) is 42.0 Å². The summed E-state index contributed by atoms with van der Waals surface area (Å²) < 4.78 is 33.2. The molecule has 142 valence electrons. The van der Waals surface area contributed by atoms with E-state index < -0.39 is 39.1 Å². The van der Waals surface area contributed by atoms with E-state index in [4.69, 9.17) is 5.11 Å². The van der Waals surface area contributed by atoms with Crippen LogP contribution < -0.4 is 5.32 Å². The lowest BCUT2D eigenvalue weighted by atomic mass is 9.97. The number of rotatable bonds is 6. The Hall–Kier alpha value is -2.56. The lowest BCUT2D eigenvalue weighted by molar-refractivity contribution is -0.136. The summed E-state index contributed by atoms with van der Waals surface area (Å²) in [5.74, 6) is -2.54. The lowest BCUT2D eigenvalue weighted by Gasteiger charge is -2.15. The molecular formula is C17H14BrNO7S. The molecule has 0 aliphatic carbocycles. The molecule has 0 saturated heterocycles. The van der Waals surface area contributed by atoms with E-state index in [0.717, 1.165) is 19.1 Å². The maximum atomic E-state index is 12.9. The standard InChI is InChI=1S/C17H14BrNO7S/c1-9(20)19-16-11(7-15(21)22)6-13(27(24,25)26)8-14(16)17(23)10-2-4-12(18)5-3-10/h2-6,8H,7H2,1H3,(H,19,20)(H,21,22)(H,24,25,26). The lowest BCUT2D eigenvalue weighted by Crippen LogP contribution is -2.17. The number of carboxylic acids is 1. The van der Waals surface area contributed by atoms with Crippen LogP contribution in [0.5, 0.6) is 0 Å². The van der Waals surface area contributed by atoms with Crippen molar-refractivity contribution in [3.63, 3.8) is 0 Å². The molecule has 8 nitrogen and oxygen atoms in total. The normalized spacial score (nSPS) is 11.1. The molecule has 0 atom stereocenters. The summed E-state index contributed by atoms with van der Waals surface area (Å²) >= 11 is 3.23. The minimum absolute atomic E-state index is 0.120. The molecule has 27 heavy (non-hydrogen) atoms. The molecule has 2 rings (SSSR count). The van der Waals surface area contributed by atoms with Crippen LogP contribution in [-0.4, -0.2) is 35.7 Å². The predicted molar refractivity (Wildman–Crippen MR) is 99.5 cm³/mol. The van der Waals surface area contributed by atoms with Crippen molar-refractivity contribution in [2.24, 2.45) is 0 Å². The van der Waals surface area contributed by atoms with E-state index in [1.54, 1.807) is 12.1 Å². The summed E-state index contributed by atoms with van der Waals surface area (Å²) in [6, 6.07) is 7.94. The van der Waals surface area contributed by atoms with Gasteiger partial charge >= 0.3 is 5.97 Å². The molecule has 0 unspecified atom stereocenters. The van der Waals surface area contributed by atoms with Crippen LogP contribution in [0.1, 0.15) is 28.4 Å². The van der Waals surface area contributed by atoms with Gasteiger partial charge in [-0.25, -0.2) is 0 Å². The Labute approximate surface area is 163 Å². The van der Waals surface area contributed by atoms with Crippen molar-refractivity contribution in [3.8, 4) is 0 Å². The number of aliphatic carboxylic acids is 1. The smallest absolute Gasteiger partial charge is 0.307 e. The quantitative estimate of drug-likeness (QED) is 0.449. The van der Waals surface area contributed by atoms with Gasteiger partial charge in [-0.2, -0.15) is 8.42 Å². The zero-order valence-corrected chi connectivity index (χ0v) is 16.3. The highest BCUT2D eigenvalue weighted by Crippen LogP contribution is 2.29. The molecule has 3 N–H and O–H groups in total. The van der Waals surface area contributed by atoms with Crippen LogP contribution in [0.15, 0.2) is 45.8 Å². The number of anilines is 1. The maximum absolute atomic E-state index is 12.9. The third kappa shape index (κ3) is 5.22. The molecule has 10 heteroatoms. The average molecular weight is 456 g/mol. The summed E-state index contributed by atoms with van der Waals surface area (Å²) in [6.07, 6.45) is -0.667. The number of ketones is 1. The van der Waals surface area contributed by atoms with Crippen molar-refractivity contribution in [2.45, 2.75) is 18.2 Å². The number of hydrogen-bond acceptors (Lipinski definition) is 5.